The van der Waals surface area contributed by atoms with Gasteiger partial charge >= 0.3 is 11.9 Å². The smallest absolute Gasteiger partial charge is 0.303 e. The van der Waals surface area contributed by atoms with Crippen LogP contribution in [0.15, 0.2) is 34.1 Å². The van der Waals surface area contributed by atoms with Crippen molar-refractivity contribution >= 4 is 76.5 Å². The van der Waals surface area contributed by atoms with E-state index < -0.39 is 42.0 Å². The SMILES string of the molecule is CC1=C(CCC(=O)O)c2cc3nc(cc4[nH]c(cc5[nH]c(cc1n2)c(C)c5S(=O)(=O)O)c(C)c4S(=O)(=O)O)C(C)=C3CCC(=O)O. The molecule has 3 aromatic heterocycles. The van der Waals surface area contributed by atoms with E-state index in [2.05, 4.69) is 15.0 Å². The quantitative estimate of drug-likeness (QED) is 0.173. The van der Waals surface area contributed by atoms with Crippen LogP contribution < -0.4 is 0 Å². The Bertz CT molecular complexity index is 2310. The molecule has 0 saturated heterocycles. The Hall–Kier alpha value is -4.64. The van der Waals surface area contributed by atoms with Crippen LogP contribution in [0.1, 0.15) is 73.4 Å². The fourth-order valence-corrected chi connectivity index (χ4v) is 7.58. The summed E-state index contributed by atoms with van der Waals surface area (Å²) in [5.41, 5.74) is 4.02. The molecule has 46 heavy (non-hydrogen) atoms. The number of aromatic nitrogens is 4. The number of hydrogen-bond acceptors (Lipinski definition) is 8. The van der Waals surface area contributed by atoms with Gasteiger partial charge in [-0.05, 0) is 98.2 Å². The number of carbonyl (C=O) groups is 2. The minimum Gasteiger partial charge on any atom is -0.481 e. The van der Waals surface area contributed by atoms with Gasteiger partial charge in [-0.3, -0.25) is 18.7 Å². The van der Waals surface area contributed by atoms with Crippen molar-refractivity contribution in [3.63, 3.8) is 0 Å². The molecule has 0 spiro atoms. The summed E-state index contributed by atoms with van der Waals surface area (Å²) in [5.74, 6) is -2.08. The van der Waals surface area contributed by atoms with Gasteiger partial charge in [-0.1, -0.05) is 0 Å². The van der Waals surface area contributed by atoms with E-state index in [0.29, 0.717) is 39.4 Å². The number of rotatable bonds is 8. The molecule has 0 unspecified atom stereocenters. The summed E-state index contributed by atoms with van der Waals surface area (Å²) < 4.78 is 70.5. The first kappa shape index (κ1) is 32.7. The van der Waals surface area contributed by atoms with Gasteiger partial charge in [-0.2, -0.15) is 16.8 Å². The minimum absolute atomic E-state index is 0.0556. The molecule has 5 heterocycles. The number of fused-ring (bicyclic) bond motifs is 8. The first-order valence-corrected chi connectivity index (χ1v) is 16.8. The van der Waals surface area contributed by atoms with E-state index in [0.717, 1.165) is 0 Å². The lowest BCUT2D eigenvalue weighted by Crippen LogP contribution is -1.99. The van der Waals surface area contributed by atoms with E-state index in [1.165, 1.54) is 26.0 Å². The van der Waals surface area contributed by atoms with Crippen molar-refractivity contribution in [3.05, 3.63) is 58.2 Å². The highest BCUT2D eigenvalue weighted by molar-refractivity contribution is 7.86. The lowest BCUT2D eigenvalue weighted by molar-refractivity contribution is -0.137. The molecule has 16 heteroatoms. The van der Waals surface area contributed by atoms with E-state index in [1.807, 2.05) is 0 Å². The molecule has 0 aliphatic carbocycles. The second kappa shape index (κ2) is 11.6. The molecule has 3 aromatic rings. The number of nitrogens with zero attached hydrogens (tertiary/aromatic N) is 2. The third-order valence-corrected chi connectivity index (χ3v) is 10.2. The summed E-state index contributed by atoms with van der Waals surface area (Å²) in [6.45, 7) is 6.30. The molecule has 5 rings (SSSR count). The largest absolute Gasteiger partial charge is 0.481 e. The Labute approximate surface area is 263 Å². The molecule has 0 fully saturated rings. The summed E-state index contributed by atoms with van der Waals surface area (Å²) in [6.07, 6.45) is -0.274. The van der Waals surface area contributed by atoms with Gasteiger partial charge in [0.15, 0.2) is 0 Å². The molecule has 0 aromatic carbocycles. The molecule has 0 radical (unpaired) electrons. The van der Waals surface area contributed by atoms with E-state index in [9.17, 15) is 45.7 Å². The van der Waals surface area contributed by atoms with Gasteiger partial charge in [-0.15, -0.1) is 0 Å². The number of hydrogen-bond donors (Lipinski definition) is 6. The Morgan fingerprint density at radius 1 is 0.609 bits per heavy atom. The first-order chi connectivity index (χ1) is 21.4. The molecule has 6 N–H and O–H groups in total. The second-order valence-corrected chi connectivity index (χ2v) is 13.8. The third-order valence-electron chi connectivity index (χ3n) is 8.11. The third kappa shape index (κ3) is 6.11. The average molecular weight is 671 g/mol. The van der Waals surface area contributed by atoms with Gasteiger partial charge in [0.25, 0.3) is 20.2 Å². The fraction of sp³-hybridized carbons (Fsp3) is 0.267. The summed E-state index contributed by atoms with van der Waals surface area (Å²) in [4.78, 5) is 37.3. The number of aromatic amines is 2. The molecular formula is C30H30N4O10S2. The highest BCUT2D eigenvalue weighted by Gasteiger charge is 2.26. The molecule has 0 saturated carbocycles. The number of H-pyrrole nitrogens is 2. The fourth-order valence-electron chi connectivity index (χ4n) is 5.81. The van der Waals surface area contributed by atoms with Crippen LogP contribution in [0.2, 0.25) is 0 Å². The van der Waals surface area contributed by atoms with Crippen LogP contribution in [0.25, 0.3) is 44.4 Å². The van der Waals surface area contributed by atoms with Crippen LogP contribution in [-0.2, 0) is 29.8 Å². The molecule has 2 aliphatic heterocycles. The van der Waals surface area contributed by atoms with Crippen molar-refractivity contribution in [1.82, 2.24) is 19.9 Å². The predicted molar refractivity (Wildman–Crippen MR) is 169 cm³/mol. The van der Waals surface area contributed by atoms with Crippen molar-refractivity contribution in [2.45, 2.75) is 63.2 Å². The topological polar surface area (TPSA) is 241 Å². The number of aryl methyl sites for hydroxylation is 2. The first-order valence-electron chi connectivity index (χ1n) is 13.9. The van der Waals surface area contributed by atoms with Gasteiger partial charge in [0.1, 0.15) is 9.79 Å². The normalized spacial score (nSPS) is 13.9. The van der Waals surface area contributed by atoms with E-state index >= 15 is 0 Å². The van der Waals surface area contributed by atoms with Gasteiger partial charge in [-0.25, -0.2) is 9.97 Å². The predicted octanol–water partition coefficient (Wildman–Crippen LogP) is 5.02. The summed E-state index contributed by atoms with van der Waals surface area (Å²) in [6, 6.07) is 5.82. The van der Waals surface area contributed by atoms with Crippen molar-refractivity contribution in [2.75, 3.05) is 0 Å². The Morgan fingerprint density at radius 2 is 0.978 bits per heavy atom. The van der Waals surface area contributed by atoms with Crippen LogP contribution in [0.3, 0.4) is 0 Å². The average Bonchev–Trinajstić information content (AvgIpc) is 3.59. The van der Waals surface area contributed by atoms with Crippen LogP contribution >= 0.6 is 0 Å². The van der Waals surface area contributed by atoms with Crippen LogP contribution in [0, 0.1) is 13.8 Å². The standard InChI is InChI=1S/C30H30N4O10S2/c1-13-17(5-7-27(35)36)23-12-24-18(6-8-28(37)38)14(2)20(32-24)10-25-30(46(42,43)44)16(4)22(34-25)11-26-29(45(39,40)41)15(3)21(33-26)9-19(13)31-23/h9-12,33-34H,5-8H2,1-4H3,(H,35,36)(H,37,38)(H,39,40,41)(H,42,43,44). The zero-order chi connectivity index (χ0) is 33.9. The van der Waals surface area contributed by atoms with Crippen molar-refractivity contribution in [1.29, 1.82) is 0 Å². The molecule has 0 atom stereocenters. The molecule has 2 aliphatic rings. The highest BCUT2D eigenvalue weighted by Crippen LogP contribution is 2.38. The summed E-state index contributed by atoms with van der Waals surface area (Å²) >= 11 is 0. The Kier molecular flexibility index (Phi) is 8.27. The maximum atomic E-state index is 12.6. The van der Waals surface area contributed by atoms with Gasteiger partial charge in [0.2, 0.25) is 0 Å². The van der Waals surface area contributed by atoms with Crippen LogP contribution in [-0.4, -0.2) is 68.0 Å². The van der Waals surface area contributed by atoms with E-state index in [-0.39, 0.29) is 64.6 Å². The zero-order valence-corrected chi connectivity index (χ0v) is 26.7. The lowest BCUT2D eigenvalue weighted by atomic mass is 9.98. The van der Waals surface area contributed by atoms with Crippen molar-refractivity contribution in [3.8, 4) is 0 Å². The number of aliphatic carboxylic acids is 2. The maximum absolute atomic E-state index is 12.6. The number of carboxylic acid groups (broad SMARTS) is 2. The second-order valence-electron chi connectivity index (χ2n) is 11.1. The minimum atomic E-state index is -4.83. The molecule has 0 amide bonds. The Morgan fingerprint density at radius 3 is 1.37 bits per heavy atom. The number of nitrogens with one attached hydrogen (secondary N) is 2. The number of allylic oxidation sites excluding steroid dienone is 4. The molecular weight excluding hydrogens is 640 g/mol. The molecule has 8 bridgehead atoms. The monoisotopic (exact) mass is 670 g/mol. The maximum Gasteiger partial charge on any atom is 0.303 e. The van der Waals surface area contributed by atoms with Crippen LogP contribution in [0.4, 0.5) is 0 Å². The van der Waals surface area contributed by atoms with Crippen molar-refractivity contribution in [2.24, 2.45) is 0 Å². The molecule has 242 valence electrons. The van der Waals surface area contributed by atoms with E-state index in [1.54, 1.807) is 26.0 Å². The van der Waals surface area contributed by atoms with Gasteiger partial charge < -0.3 is 20.2 Å². The number of carboxylic acids is 2. The summed E-state index contributed by atoms with van der Waals surface area (Å²) in [7, 11) is -9.63. The van der Waals surface area contributed by atoms with E-state index in [4.69, 9.17) is 4.98 Å². The Balaban J connectivity index is 2.01. The van der Waals surface area contributed by atoms with Crippen LogP contribution in [0.5, 0.6) is 0 Å². The highest BCUT2D eigenvalue weighted by atomic mass is 32.2. The van der Waals surface area contributed by atoms with Crippen molar-refractivity contribution < 1.29 is 45.7 Å². The van der Waals surface area contributed by atoms with Gasteiger partial charge in [0.05, 0.1) is 33.8 Å². The van der Waals surface area contributed by atoms with Gasteiger partial charge in [0, 0.05) is 23.9 Å². The summed E-state index contributed by atoms with van der Waals surface area (Å²) in [5, 5.41) is 18.8. The lowest BCUT2D eigenvalue weighted by Gasteiger charge is -2.05. The zero-order valence-electron chi connectivity index (χ0n) is 25.1. The molecule has 14 nitrogen and oxygen atoms in total.